The zero-order valence-corrected chi connectivity index (χ0v) is 18.2. The van der Waals surface area contributed by atoms with Crippen molar-refractivity contribution in [1.29, 1.82) is 0 Å². The zero-order valence-electron chi connectivity index (χ0n) is 17.4. The maximum absolute atomic E-state index is 4.66. The van der Waals surface area contributed by atoms with Crippen LogP contribution in [-0.4, -0.2) is 32.5 Å². The maximum atomic E-state index is 4.66. The van der Waals surface area contributed by atoms with E-state index in [1.165, 1.54) is 17.1 Å². The monoisotopic (exact) mass is 387 g/mol. The smallest absolute Gasteiger partial charge is 0.207 e. The normalized spacial score (nSPS) is 20.4. The van der Waals surface area contributed by atoms with Gasteiger partial charge in [0.15, 0.2) is 0 Å². The molecule has 5 nitrogen and oxygen atoms in total. The second-order valence-corrected chi connectivity index (χ2v) is 10.0. The zero-order chi connectivity index (χ0) is 19.7. The summed E-state index contributed by atoms with van der Waals surface area (Å²) >= 11 is 1.43. The first-order valence-corrected chi connectivity index (χ1v) is 10.6. The van der Waals surface area contributed by atoms with Crippen LogP contribution < -0.4 is 16.0 Å². The first-order chi connectivity index (χ1) is 12.6. The topological polar surface area (TPSA) is 61.9 Å². The molecular weight excluding hydrogens is 354 g/mol. The molecule has 1 saturated heterocycles. The summed E-state index contributed by atoms with van der Waals surface area (Å²) in [4.78, 5) is 4.66. The third kappa shape index (κ3) is 5.99. The lowest BCUT2D eigenvalue weighted by molar-refractivity contribution is 0.140. The van der Waals surface area contributed by atoms with Crippen LogP contribution in [-0.2, 0) is 6.42 Å². The molecule has 1 unspecified atom stereocenters. The van der Waals surface area contributed by atoms with E-state index in [2.05, 4.69) is 91.1 Å². The summed E-state index contributed by atoms with van der Waals surface area (Å²) in [5, 5.41) is 11.7. The van der Waals surface area contributed by atoms with Crippen molar-refractivity contribution >= 4 is 22.4 Å². The predicted octanol–water partition coefficient (Wildman–Crippen LogP) is 4.42. The number of hydrogen-bond donors (Lipinski definition) is 3. The molecular formula is C21H33N5S. The fraction of sp³-hybridized carbons (Fsp3) is 0.619. The number of nitrogens with zero attached hydrogens (tertiary/aromatic N) is 2. The molecule has 1 aromatic heterocycles. The molecule has 3 N–H and O–H groups in total. The second kappa shape index (κ2) is 7.86. The molecule has 27 heavy (non-hydrogen) atoms. The minimum absolute atomic E-state index is 0.156. The van der Waals surface area contributed by atoms with Crippen LogP contribution >= 0.6 is 11.5 Å². The number of rotatable bonds is 6. The van der Waals surface area contributed by atoms with Gasteiger partial charge in [0, 0.05) is 46.8 Å². The first kappa shape index (κ1) is 20.2. The lowest BCUT2D eigenvalue weighted by atomic mass is 9.79. The van der Waals surface area contributed by atoms with Gasteiger partial charge in [-0.25, -0.2) is 4.98 Å². The summed E-state index contributed by atoms with van der Waals surface area (Å²) in [5.41, 5.74) is 2.61. The lowest BCUT2D eigenvalue weighted by Crippen LogP contribution is -2.62. The average molecular weight is 388 g/mol. The van der Waals surface area contributed by atoms with Crippen LogP contribution in [0.3, 0.4) is 0 Å². The van der Waals surface area contributed by atoms with E-state index >= 15 is 0 Å². The Labute approximate surface area is 167 Å². The predicted molar refractivity (Wildman–Crippen MR) is 115 cm³/mol. The number of anilines is 2. The molecule has 0 saturated carbocycles. The molecule has 2 heterocycles. The van der Waals surface area contributed by atoms with Crippen LogP contribution in [0.5, 0.6) is 0 Å². The molecule has 0 aliphatic carbocycles. The Morgan fingerprint density at radius 3 is 2.41 bits per heavy atom. The van der Waals surface area contributed by atoms with Gasteiger partial charge >= 0.3 is 0 Å². The molecule has 148 valence electrons. The van der Waals surface area contributed by atoms with E-state index in [9.17, 15) is 0 Å². The number of benzene rings is 1. The second-order valence-electron chi connectivity index (χ2n) is 9.28. The fourth-order valence-electron chi connectivity index (χ4n) is 4.32. The van der Waals surface area contributed by atoms with Gasteiger partial charge in [0.1, 0.15) is 5.82 Å². The molecule has 0 radical (unpaired) electrons. The van der Waals surface area contributed by atoms with Crippen molar-refractivity contribution in [2.45, 2.75) is 84.0 Å². The average Bonchev–Trinajstić information content (AvgIpc) is 2.93. The van der Waals surface area contributed by atoms with Crippen molar-refractivity contribution in [3.8, 4) is 0 Å². The van der Waals surface area contributed by atoms with E-state index in [1.54, 1.807) is 0 Å². The molecule has 2 aromatic rings. The molecule has 6 heteroatoms. The van der Waals surface area contributed by atoms with Crippen molar-refractivity contribution < 1.29 is 0 Å². The fourth-order valence-corrected chi connectivity index (χ4v) is 4.94. The van der Waals surface area contributed by atoms with Crippen molar-refractivity contribution in [2.75, 3.05) is 5.32 Å². The Bertz CT molecular complexity index is 734. The van der Waals surface area contributed by atoms with Gasteiger partial charge in [-0.3, -0.25) is 0 Å². The molecule has 1 aromatic carbocycles. The Hall–Kier alpha value is -1.50. The summed E-state index contributed by atoms with van der Waals surface area (Å²) in [5.74, 6) is 0.905. The summed E-state index contributed by atoms with van der Waals surface area (Å²) < 4.78 is 4.54. The molecule has 1 aliphatic heterocycles. The number of hydrogen-bond acceptors (Lipinski definition) is 6. The third-order valence-corrected chi connectivity index (χ3v) is 5.64. The van der Waals surface area contributed by atoms with Gasteiger partial charge in [-0.15, -0.1) is 0 Å². The Balaban J connectivity index is 1.54. The molecule has 1 fully saturated rings. The van der Waals surface area contributed by atoms with Crippen molar-refractivity contribution in [2.24, 2.45) is 0 Å². The number of aromatic nitrogens is 2. The summed E-state index contributed by atoms with van der Waals surface area (Å²) in [6.07, 6.45) is 3.11. The van der Waals surface area contributed by atoms with Crippen LogP contribution in [0.15, 0.2) is 24.3 Å². The molecule has 1 aliphatic rings. The Kier molecular flexibility index (Phi) is 5.89. The van der Waals surface area contributed by atoms with Crippen LogP contribution in [0, 0.1) is 6.92 Å². The van der Waals surface area contributed by atoms with Gasteiger partial charge in [0.05, 0.1) is 0 Å². The molecule has 0 bridgehead atoms. The molecule has 1 atom stereocenters. The van der Waals surface area contributed by atoms with E-state index in [1.807, 2.05) is 0 Å². The molecule has 0 amide bonds. The molecule has 3 rings (SSSR count). The standard InChI is InChI=1S/C21H33N5S/c1-14-7-9-16(10-8-14)23-19-24-18(25-27-19)11-15(2)22-17-12-20(3,4)26-21(5,6)13-17/h7-10,15,17,22,26H,11-13H2,1-6H3,(H,23,24,25). The number of nitrogens with one attached hydrogen (secondary N) is 3. The Morgan fingerprint density at radius 2 is 1.78 bits per heavy atom. The first-order valence-electron chi connectivity index (χ1n) is 9.82. The largest absolute Gasteiger partial charge is 0.330 e. The highest BCUT2D eigenvalue weighted by molar-refractivity contribution is 7.09. The third-order valence-electron chi connectivity index (χ3n) is 4.97. The van der Waals surface area contributed by atoms with Gasteiger partial charge in [-0.1, -0.05) is 17.7 Å². The number of aryl methyl sites for hydroxylation is 1. The summed E-state index contributed by atoms with van der Waals surface area (Å²) in [6.45, 7) is 13.5. The quantitative estimate of drug-likeness (QED) is 0.685. The van der Waals surface area contributed by atoms with Crippen molar-refractivity contribution in [3.05, 3.63) is 35.7 Å². The van der Waals surface area contributed by atoms with E-state index in [4.69, 9.17) is 0 Å². The van der Waals surface area contributed by atoms with Gasteiger partial charge < -0.3 is 16.0 Å². The number of piperidine rings is 1. The van der Waals surface area contributed by atoms with Crippen LogP contribution in [0.1, 0.15) is 58.8 Å². The van der Waals surface area contributed by atoms with E-state index in [-0.39, 0.29) is 11.1 Å². The highest BCUT2D eigenvalue weighted by atomic mass is 32.1. The van der Waals surface area contributed by atoms with Crippen LogP contribution in [0.25, 0.3) is 0 Å². The minimum atomic E-state index is 0.156. The Morgan fingerprint density at radius 1 is 1.15 bits per heavy atom. The van der Waals surface area contributed by atoms with Crippen LogP contribution in [0.2, 0.25) is 0 Å². The maximum Gasteiger partial charge on any atom is 0.207 e. The SMILES string of the molecule is Cc1ccc(Nc2nc(CC(C)NC3CC(C)(C)NC(C)(C)C3)ns2)cc1. The van der Waals surface area contributed by atoms with Crippen molar-refractivity contribution in [3.63, 3.8) is 0 Å². The van der Waals surface area contributed by atoms with Crippen molar-refractivity contribution in [1.82, 2.24) is 20.0 Å². The molecule has 0 spiro atoms. The van der Waals surface area contributed by atoms with Gasteiger partial charge in [-0.05, 0) is 66.5 Å². The summed E-state index contributed by atoms with van der Waals surface area (Å²) in [6, 6.07) is 9.19. The summed E-state index contributed by atoms with van der Waals surface area (Å²) in [7, 11) is 0. The lowest BCUT2D eigenvalue weighted by Gasteiger charge is -2.47. The van der Waals surface area contributed by atoms with Crippen LogP contribution in [0.4, 0.5) is 10.8 Å². The van der Waals surface area contributed by atoms with Gasteiger partial charge in [-0.2, -0.15) is 4.37 Å². The minimum Gasteiger partial charge on any atom is -0.330 e. The van der Waals surface area contributed by atoms with Gasteiger partial charge in [0.25, 0.3) is 0 Å². The van der Waals surface area contributed by atoms with E-state index in [0.29, 0.717) is 12.1 Å². The highest BCUT2D eigenvalue weighted by Gasteiger charge is 2.37. The van der Waals surface area contributed by atoms with E-state index < -0.39 is 0 Å². The highest BCUT2D eigenvalue weighted by Crippen LogP contribution is 2.29. The van der Waals surface area contributed by atoms with Gasteiger partial charge in [0.2, 0.25) is 5.13 Å². The van der Waals surface area contributed by atoms with E-state index in [0.717, 1.165) is 35.9 Å².